The number of carboxylic acid groups (broad SMARTS) is 2. The van der Waals surface area contributed by atoms with Gasteiger partial charge < -0.3 is 35.5 Å². The number of aliphatic hydroxyl groups excluding tert-OH is 2. The van der Waals surface area contributed by atoms with Crippen LogP contribution in [0.15, 0.2) is 0 Å². The molecule has 2 atom stereocenters. The second-order valence-corrected chi connectivity index (χ2v) is 1.99. The molecule has 1 radical (unpaired) electrons. The van der Waals surface area contributed by atoms with Gasteiger partial charge in [-0.25, -0.2) is 0 Å². The van der Waals surface area contributed by atoms with Crippen molar-refractivity contribution in [3.63, 3.8) is 0 Å². The van der Waals surface area contributed by atoms with E-state index in [-0.39, 0.29) is 27.2 Å². The van der Waals surface area contributed by atoms with Gasteiger partial charge in [0.15, 0.2) is 0 Å². The Bertz CT molecular complexity index is 138. The Morgan fingerprint density at radius 3 is 1.07 bits per heavy atom. The standard InChI is InChI=1S/2C3H6O3.H2O.Ti/c2*1-2(4)3(5)6;;/h2*2,4H,1H3,(H,5,6);1H2;/q;;;+3/p-3. The summed E-state index contributed by atoms with van der Waals surface area (Å²) in [5, 5.41) is 34.6. The zero-order valence-corrected chi connectivity index (χ0v) is 9.19. The van der Waals surface area contributed by atoms with Crippen molar-refractivity contribution in [1.29, 1.82) is 0 Å². The van der Waals surface area contributed by atoms with Crippen molar-refractivity contribution < 1.29 is 57.2 Å². The van der Waals surface area contributed by atoms with Crippen molar-refractivity contribution in [2.24, 2.45) is 0 Å². The number of hydrogen-bond acceptors (Lipinski definition) is 7. The van der Waals surface area contributed by atoms with Gasteiger partial charge in [-0.2, -0.15) is 0 Å². The Kier molecular flexibility index (Phi) is 20.9. The molecule has 0 saturated carbocycles. The van der Waals surface area contributed by atoms with Gasteiger partial charge in [-0.15, -0.1) is 0 Å². The van der Waals surface area contributed by atoms with E-state index in [1.54, 1.807) is 0 Å². The zero-order chi connectivity index (χ0) is 10.3. The van der Waals surface area contributed by atoms with Crippen LogP contribution in [0, 0.1) is 0 Å². The van der Waals surface area contributed by atoms with E-state index in [9.17, 15) is 19.8 Å². The molecule has 0 fully saturated rings. The number of hydrogen-bond donors (Lipinski definition) is 2. The summed E-state index contributed by atoms with van der Waals surface area (Å²) >= 11 is 0. The van der Waals surface area contributed by atoms with Crippen molar-refractivity contribution >= 4 is 11.9 Å². The van der Waals surface area contributed by atoms with Crippen LogP contribution in [-0.2, 0) is 31.3 Å². The maximum absolute atomic E-state index is 9.34. The molecule has 7 nitrogen and oxygen atoms in total. The van der Waals surface area contributed by atoms with Crippen LogP contribution in [0.3, 0.4) is 0 Å². The first kappa shape index (κ1) is 23.4. The molecule has 0 rings (SSSR count). The molecule has 0 aromatic heterocycles. The van der Waals surface area contributed by atoms with Crippen LogP contribution in [0.2, 0.25) is 0 Å². The van der Waals surface area contributed by atoms with E-state index in [1.165, 1.54) is 0 Å². The van der Waals surface area contributed by atoms with Crippen molar-refractivity contribution in [3.05, 3.63) is 0 Å². The molecule has 0 saturated heterocycles. The third kappa shape index (κ3) is 22.5. The van der Waals surface area contributed by atoms with Crippen LogP contribution < -0.4 is 10.2 Å². The molecule has 0 aliphatic heterocycles. The Balaban J connectivity index is -0.0000000625. The van der Waals surface area contributed by atoms with E-state index < -0.39 is 24.1 Å². The second kappa shape index (κ2) is 12.5. The Labute approximate surface area is 95.6 Å². The molecule has 0 spiro atoms. The SMILES string of the molecule is CC(O)C(=O)[O-].CC(O)C(=O)[O-].[OH-].[Ti+3]. The smallest absolute Gasteiger partial charge is 0.870 e. The van der Waals surface area contributed by atoms with E-state index in [4.69, 9.17) is 10.2 Å². The zero-order valence-electron chi connectivity index (χ0n) is 7.63. The molecular weight excluding hydrogens is 232 g/mol. The topological polar surface area (TPSA) is 151 Å². The van der Waals surface area contributed by atoms with E-state index in [1.807, 2.05) is 0 Å². The van der Waals surface area contributed by atoms with Gasteiger partial charge in [0.2, 0.25) is 0 Å². The molecule has 0 aliphatic rings. The maximum atomic E-state index is 9.34. The first-order chi connectivity index (χ1) is 5.29. The van der Waals surface area contributed by atoms with Crippen LogP contribution in [-0.4, -0.2) is 39.8 Å². The summed E-state index contributed by atoms with van der Waals surface area (Å²) in [6.07, 6.45) is -2.69. The summed E-state index contributed by atoms with van der Waals surface area (Å²) in [6, 6.07) is 0. The average Bonchev–Trinajstić information content (AvgIpc) is 1.88. The van der Waals surface area contributed by atoms with Gasteiger partial charge in [-0.1, -0.05) is 0 Å². The summed E-state index contributed by atoms with van der Waals surface area (Å²) in [6.45, 7) is 2.27. The molecule has 0 bridgehead atoms. The van der Waals surface area contributed by atoms with Gasteiger partial charge in [-0.3, -0.25) is 0 Å². The number of aliphatic hydroxyl groups is 2. The van der Waals surface area contributed by atoms with Crippen LogP contribution in [0.1, 0.15) is 13.8 Å². The van der Waals surface area contributed by atoms with E-state index in [0.717, 1.165) is 13.8 Å². The Morgan fingerprint density at radius 1 is 1.00 bits per heavy atom. The number of aliphatic carboxylic acids is 2. The molecule has 3 N–H and O–H groups in total. The predicted octanol–water partition coefficient (Wildman–Crippen LogP) is -3.95. The van der Waals surface area contributed by atoms with E-state index >= 15 is 0 Å². The quantitative estimate of drug-likeness (QED) is 0.469. The number of carboxylic acids is 2. The second-order valence-electron chi connectivity index (χ2n) is 1.99. The van der Waals surface area contributed by atoms with Crippen molar-refractivity contribution in [2.45, 2.75) is 26.1 Å². The van der Waals surface area contributed by atoms with Gasteiger partial charge in [0, 0.05) is 0 Å². The molecule has 0 aromatic rings. The van der Waals surface area contributed by atoms with Crippen LogP contribution >= 0.6 is 0 Å². The first-order valence-electron chi connectivity index (χ1n) is 3.06. The minimum absolute atomic E-state index is 0. The molecule has 14 heavy (non-hydrogen) atoms. The number of carbonyl (C=O) groups excluding carboxylic acids is 2. The van der Waals surface area contributed by atoms with E-state index in [0.29, 0.717) is 0 Å². The number of carbonyl (C=O) groups is 2. The molecule has 0 aromatic carbocycles. The van der Waals surface area contributed by atoms with Crippen LogP contribution in [0.25, 0.3) is 0 Å². The normalized spacial score (nSPS) is 11.7. The summed E-state index contributed by atoms with van der Waals surface area (Å²) in [7, 11) is 0. The third-order valence-electron chi connectivity index (χ3n) is 0.682. The first-order valence-corrected chi connectivity index (χ1v) is 3.06. The summed E-state index contributed by atoms with van der Waals surface area (Å²) in [5.41, 5.74) is 0. The van der Waals surface area contributed by atoms with Gasteiger partial charge in [0.05, 0.1) is 24.1 Å². The number of rotatable bonds is 2. The van der Waals surface area contributed by atoms with Gasteiger partial charge >= 0.3 is 21.7 Å². The van der Waals surface area contributed by atoms with Crippen molar-refractivity contribution in [3.8, 4) is 0 Å². The molecule has 8 heteroatoms. The minimum Gasteiger partial charge on any atom is -0.870 e. The molecule has 0 heterocycles. The minimum atomic E-state index is -1.44. The van der Waals surface area contributed by atoms with Crippen LogP contribution in [0.5, 0.6) is 0 Å². The predicted molar refractivity (Wildman–Crippen MR) is 35.3 cm³/mol. The third-order valence-corrected chi connectivity index (χ3v) is 0.682. The molecule has 0 amide bonds. The average molecular weight is 243 g/mol. The maximum Gasteiger partial charge on any atom is 3.00 e. The summed E-state index contributed by atoms with van der Waals surface area (Å²) < 4.78 is 0. The molecule has 2 unspecified atom stereocenters. The van der Waals surface area contributed by atoms with E-state index in [2.05, 4.69) is 0 Å². The fourth-order valence-corrected chi connectivity index (χ4v) is 0. The van der Waals surface area contributed by atoms with Gasteiger partial charge in [0.1, 0.15) is 0 Å². The molecule has 0 aliphatic carbocycles. The van der Waals surface area contributed by atoms with Crippen LogP contribution in [0.4, 0.5) is 0 Å². The van der Waals surface area contributed by atoms with Gasteiger partial charge in [0.25, 0.3) is 0 Å². The monoisotopic (exact) mass is 243 g/mol. The summed E-state index contributed by atoms with van der Waals surface area (Å²) in [5.74, 6) is -2.87. The fraction of sp³-hybridized carbons (Fsp3) is 0.667. The largest absolute Gasteiger partial charge is 3.00 e. The Morgan fingerprint density at radius 2 is 1.07 bits per heavy atom. The summed E-state index contributed by atoms with van der Waals surface area (Å²) in [4.78, 5) is 18.7. The van der Waals surface area contributed by atoms with Gasteiger partial charge in [-0.05, 0) is 13.8 Å². The molecule has 81 valence electrons. The van der Waals surface area contributed by atoms with Crippen molar-refractivity contribution in [2.75, 3.05) is 0 Å². The fourth-order valence-electron chi connectivity index (χ4n) is 0. The Hall–Kier alpha value is -0.466. The van der Waals surface area contributed by atoms with Crippen molar-refractivity contribution in [1.82, 2.24) is 0 Å². The molecular formula is C6H11O7Ti.